The SMILES string of the molecule is Cc1cc(C(C)(C)CC(C)Br)ccc1F. The molecule has 84 valence electrons. The maximum atomic E-state index is 13.1. The van der Waals surface area contributed by atoms with Crippen molar-refractivity contribution in [3.63, 3.8) is 0 Å². The summed E-state index contributed by atoms with van der Waals surface area (Å²) >= 11 is 3.57. The first-order chi connectivity index (χ1) is 6.83. The smallest absolute Gasteiger partial charge is 0.126 e. The molecule has 0 spiro atoms. The van der Waals surface area contributed by atoms with Crippen LogP contribution in [0.1, 0.15) is 38.3 Å². The van der Waals surface area contributed by atoms with Crippen molar-refractivity contribution in [2.24, 2.45) is 0 Å². The normalized spacial score (nSPS) is 14.0. The molecule has 0 saturated carbocycles. The number of halogens is 2. The van der Waals surface area contributed by atoms with Crippen molar-refractivity contribution < 1.29 is 4.39 Å². The van der Waals surface area contributed by atoms with Crippen LogP contribution in [0.5, 0.6) is 0 Å². The summed E-state index contributed by atoms with van der Waals surface area (Å²) in [7, 11) is 0. The van der Waals surface area contributed by atoms with Crippen molar-refractivity contribution in [3.8, 4) is 0 Å². The Hall–Kier alpha value is -0.370. The van der Waals surface area contributed by atoms with Gasteiger partial charge in [-0.25, -0.2) is 4.39 Å². The average molecular weight is 273 g/mol. The van der Waals surface area contributed by atoms with E-state index < -0.39 is 0 Å². The van der Waals surface area contributed by atoms with Crippen LogP contribution in [-0.2, 0) is 5.41 Å². The number of aryl methyl sites for hydroxylation is 1. The monoisotopic (exact) mass is 272 g/mol. The fraction of sp³-hybridized carbons (Fsp3) is 0.538. The molecule has 2 heteroatoms. The Kier molecular flexibility index (Phi) is 3.93. The molecule has 0 radical (unpaired) electrons. The van der Waals surface area contributed by atoms with E-state index in [1.54, 1.807) is 6.07 Å². The second-order valence-electron chi connectivity index (χ2n) is 4.83. The first kappa shape index (κ1) is 12.7. The third-order valence-electron chi connectivity index (χ3n) is 2.73. The van der Waals surface area contributed by atoms with E-state index >= 15 is 0 Å². The zero-order valence-electron chi connectivity index (χ0n) is 9.77. The summed E-state index contributed by atoms with van der Waals surface area (Å²) < 4.78 is 13.1. The quantitative estimate of drug-likeness (QED) is 0.707. The Morgan fingerprint density at radius 3 is 2.47 bits per heavy atom. The molecule has 0 N–H and O–H groups in total. The zero-order valence-corrected chi connectivity index (χ0v) is 11.4. The molecule has 1 unspecified atom stereocenters. The lowest BCUT2D eigenvalue weighted by atomic mass is 9.80. The topological polar surface area (TPSA) is 0 Å². The van der Waals surface area contributed by atoms with Crippen LogP contribution in [0.4, 0.5) is 4.39 Å². The minimum Gasteiger partial charge on any atom is -0.207 e. The molecule has 0 fully saturated rings. The summed E-state index contributed by atoms with van der Waals surface area (Å²) in [5.41, 5.74) is 2.01. The van der Waals surface area contributed by atoms with E-state index in [1.807, 2.05) is 19.1 Å². The highest BCUT2D eigenvalue weighted by Gasteiger charge is 2.22. The minimum atomic E-state index is -0.124. The van der Waals surface area contributed by atoms with Crippen molar-refractivity contribution in [2.45, 2.75) is 44.4 Å². The van der Waals surface area contributed by atoms with Crippen LogP contribution in [0.3, 0.4) is 0 Å². The maximum absolute atomic E-state index is 13.1. The van der Waals surface area contributed by atoms with Gasteiger partial charge in [0.05, 0.1) is 0 Å². The van der Waals surface area contributed by atoms with E-state index in [4.69, 9.17) is 0 Å². The largest absolute Gasteiger partial charge is 0.207 e. The number of hydrogen-bond donors (Lipinski definition) is 0. The molecule has 1 aromatic carbocycles. The van der Waals surface area contributed by atoms with Crippen molar-refractivity contribution >= 4 is 15.9 Å². The summed E-state index contributed by atoms with van der Waals surface area (Å²) in [6, 6.07) is 5.40. The van der Waals surface area contributed by atoms with E-state index in [0.29, 0.717) is 4.83 Å². The lowest BCUT2D eigenvalue weighted by Gasteiger charge is -2.27. The van der Waals surface area contributed by atoms with Crippen molar-refractivity contribution in [3.05, 3.63) is 35.1 Å². The van der Waals surface area contributed by atoms with Gasteiger partial charge in [-0.2, -0.15) is 0 Å². The van der Waals surface area contributed by atoms with Crippen molar-refractivity contribution in [1.29, 1.82) is 0 Å². The number of hydrogen-bond acceptors (Lipinski definition) is 0. The zero-order chi connectivity index (χ0) is 11.6. The molecule has 1 atom stereocenters. The second-order valence-corrected chi connectivity index (χ2v) is 6.40. The van der Waals surface area contributed by atoms with Gasteiger partial charge in [-0.05, 0) is 36.0 Å². The Bertz CT molecular complexity index is 342. The van der Waals surface area contributed by atoms with Gasteiger partial charge in [-0.3, -0.25) is 0 Å². The third kappa shape index (κ3) is 3.30. The Morgan fingerprint density at radius 1 is 1.40 bits per heavy atom. The predicted octanol–water partition coefficient (Wildman–Crippen LogP) is 4.59. The molecular formula is C13H18BrF. The highest BCUT2D eigenvalue weighted by atomic mass is 79.9. The average Bonchev–Trinajstić information content (AvgIpc) is 2.07. The van der Waals surface area contributed by atoms with Crippen molar-refractivity contribution in [2.75, 3.05) is 0 Å². The number of alkyl halides is 1. The van der Waals surface area contributed by atoms with Gasteiger partial charge in [0, 0.05) is 4.83 Å². The van der Waals surface area contributed by atoms with Crippen LogP contribution in [0.2, 0.25) is 0 Å². The van der Waals surface area contributed by atoms with E-state index in [2.05, 4.69) is 36.7 Å². The standard InChI is InChI=1S/C13H18BrF/c1-9-7-11(5-6-12(9)15)13(3,4)8-10(2)14/h5-7,10H,8H2,1-4H3. The van der Waals surface area contributed by atoms with E-state index in [0.717, 1.165) is 12.0 Å². The van der Waals surface area contributed by atoms with E-state index in [1.165, 1.54) is 5.56 Å². The Labute approximate surface area is 100 Å². The van der Waals surface area contributed by atoms with Gasteiger partial charge in [0.2, 0.25) is 0 Å². The molecule has 1 aromatic rings. The fourth-order valence-corrected chi connectivity index (χ4v) is 2.70. The van der Waals surface area contributed by atoms with Crippen LogP contribution >= 0.6 is 15.9 Å². The highest BCUT2D eigenvalue weighted by Crippen LogP contribution is 2.31. The Morgan fingerprint density at radius 2 is 2.00 bits per heavy atom. The molecule has 0 aliphatic heterocycles. The lowest BCUT2D eigenvalue weighted by molar-refractivity contribution is 0.480. The van der Waals surface area contributed by atoms with Gasteiger partial charge < -0.3 is 0 Å². The van der Waals surface area contributed by atoms with Gasteiger partial charge in [0.25, 0.3) is 0 Å². The van der Waals surface area contributed by atoms with E-state index in [-0.39, 0.29) is 11.2 Å². The third-order valence-corrected chi connectivity index (χ3v) is 3.05. The number of rotatable bonds is 3. The summed E-state index contributed by atoms with van der Waals surface area (Å²) in [5, 5.41) is 0. The van der Waals surface area contributed by atoms with Crippen molar-refractivity contribution in [1.82, 2.24) is 0 Å². The second kappa shape index (κ2) is 4.65. The molecule has 0 saturated heterocycles. The van der Waals surface area contributed by atoms with Crippen LogP contribution in [0.15, 0.2) is 18.2 Å². The molecule has 0 heterocycles. The number of benzene rings is 1. The maximum Gasteiger partial charge on any atom is 0.126 e. The molecule has 15 heavy (non-hydrogen) atoms. The summed E-state index contributed by atoms with van der Waals surface area (Å²) in [5.74, 6) is -0.124. The molecule has 0 aromatic heterocycles. The summed E-state index contributed by atoms with van der Waals surface area (Å²) in [4.78, 5) is 0.470. The molecule has 0 amide bonds. The van der Waals surface area contributed by atoms with Gasteiger partial charge in [-0.1, -0.05) is 48.8 Å². The molecule has 0 aliphatic carbocycles. The van der Waals surface area contributed by atoms with E-state index in [9.17, 15) is 4.39 Å². The van der Waals surface area contributed by atoms with Crippen LogP contribution in [0, 0.1) is 12.7 Å². The molecule has 0 nitrogen and oxygen atoms in total. The van der Waals surface area contributed by atoms with Gasteiger partial charge >= 0.3 is 0 Å². The van der Waals surface area contributed by atoms with Gasteiger partial charge in [0.15, 0.2) is 0 Å². The lowest BCUT2D eigenvalue weighted by Crippen LogP contribution is -2.20. The molecular weight excluding hydrogens is 255 g/mol. The van der Waals surface area contributed by atoms with Crippen LogP contribution in [0.25, 0.3) is 0 Å². The van der Waals surface area contributed by atoms with Crippen LogP contribution in [-0.4, -0.2) is 4.83 Å². The highest BCUT2D eigenvalue weighted by molar-refractivity contribution is 9.09. The minimum absolute atomic E-state index is 0.0847. The van der Waals surface area contributed by atoms with Gasteiger partial charge in [-0.15, -0.1) is 0 Å². The fourth-order valence-electron chi connectivity index (χ4n) is 1.89. The first-order valence-corrected chi connectivity index (χ1v) is 6.15. The van der Waals surface area contributed by atoms with Crippen LogP contribution < -0.4 is 0 Å². The molecule has 0 aliphatic rings. The van der Waals surface area contributed by atoms with Gasteiger partial charge in [0.1, 0.15) is 5.82 Å². The molecule has 1 rings (SSSR count). The summed E-state index contributed by atoms with van der Waals surface area (Å²) in [6.45, 7) is 8.33. The summed E-state index contributed by atoms with van der Waals surface area (Å²) in [6.07, 6.45) is 1.04. The molecule has 0 bridgehead atoms. The first-order valence-electron chi connectivity index (χ1n) is 5.23. The Balaban J connectivity index is 2.99. The predicted molar refractivity (Wildman–Crippen MR) is 67.2 cm³/mol.